The van der Waals surface area contributed by atoms with Gasteiger partial charge in [0.05, 0.1) is 11.8 Å². The maximum Gasteiger partial charge on any atom is 0.405 e. The second-order valence-corrected chi connectivity index (χ2v) is 8.51. The van der Waals surface area contributed by atoms with Gasteiger partial charge in [0.1, 0.15) is 12.4 Å². The van der Waals surface area contributed by atoms with Crippen molar-refractivity contribution in [3.05, 3.63) is 35.9 Å². The van der Waals surface area contributed by atoms with Crippen LogP contribution in [0.4, 0.5) is 13.2 Å². The monoisotopic (exact) mass is 404 g/mol. The number of amides is 1. The van der Waals surface area contributed by atoms with Crippen LogP contribution in [0.5, 0.6) is 0 Å². The number of halogens is 3. The second-order valence-electron chi connectivity index (χ2n) is 6.53. The molecule has 7 nitrogen and oxygen atoms in total. The van der Waals surface area contributed by atoms with Gasteiger partial charge < -0.3 is 9.72 Å². The number of imidazole rings is 1. The van der Waals surface area contributed by atoms with Gasteiger partial charge in [0.25, 0.3) is 5.91 Å². The summed E-state index contributed by atoms with van der Waals surface area (Å²) in [5, 5.41) is 1.83. The Balaban J connectivity index is 1.94. The summed E-state index contributed by atoms with van der Waals surface area (Å²) in [6.07, 6.45) is -0.418. The van der Waals surface area contributed by atoms with E-state index in [1.807, 2.05) is 5.32 Å². The molecule has 2 aromatic rings. The van der Waals surface area contributed by atoms with Crippen LogP contribution in [0.25, 0.3) is 5.52 Å². The number of hydrogen-bond donors (Lipinski definition) is 1. The van der Waals surface area contributed by atoms with E-state index < -0.39 is 28.7 Å². The zero-order valence-electron chi connectivity index (χ0n) is 14.5. The lowest BCUT2D eigenvalue weighted by Gasteiger charge is -2.30. The summed E-state index contributed by atoms with van der Waals surface area (Å²) >= 11 is 0. The summed E-state index contributed by atoms with van der Waals surface area (Å²) < 4.78 is 63.9. The van der Waals surface area contributed by atoms with Crippen LogP contribution in [-0.4, -0.2) is 60.1 Å². The minimum atomic E-state index is -4.52. The molecule has 1 N–H and O–H groups in total. The van der Waals surface area contributed by atoms with Crippen molar-refractivity contribution in [2.24, 2.45) is 0 Å². The molecule has 1 aliphatic rings. The fourth-order valence-corrected chi connectivity index (χ4v) is 4.15. The highest BCUT2D eigenvalue weighted by molar-refractivity contribution is 7.88. The average Bonchev–Trinajstić information content (AvgIpc) is 2.98. The van der Waals surface area contributed by atoms with E-state index in [2.05, 4.69) is 4.98 Å². The Labute approximate surface area is 154 Å². The number of nitrogens with one attached hydrogen (secondary N) is 1. The van der Waals surface area contributed by atoms with Crippen molar-refractivity contribution in [2.45, 2.75) is 24.9 Å². The molecule has 27 heavy (non-hydrogen) atoms. The van der Waals surface area contributed by atoms with Crippen molar-refractivity contribution in [1.82, 2.24) is 19.0 Å². The van der Waals surface area contributed by atoms with E-state index in [-0.39, 0.29) is 18.2 Å². The van der Waals surface area contributed by atoms with Gasteiger partial charge in [-0.25, -0.2) is 17.7 Å². The zero-order chi connectivity index (χ0) is 19.8. The van der Waals surface area contributed by atoms with Gasteiger partial charge in [-0.15, -0.1) is 0 Å². The maximum absolute atomic E-state index is 12.4. The summed E-state index contributed by atoms with van der Waals surface area (Å²) in [6, 6.07) is 4.97. The Morgan fingerprint density at radius 3 is 2.78 bits per heavy atom. The molecule has 0 aliphatic carbocycles. The molecule has 11 heteroatoms. The van der Waals surface area contributed by atoms with Crippen LogP contribution in [0.3, 0.4) is 0 Å². The highest BCUT2D eigenvalue weighted by Crippen LogP contribution is 2.29. The smallest absolute Gasteiger partial charge is 0.342 e. The van der Waals surface area contributed by atoms with Gasteiger partial charge >= 0.3 is 6.18 Å². The van der Waals surface area contributed by atoms with Gasteiger partial charge in [0, 0.05) is 25.2 Å². The minimum Gasteiger partial charge on any atom is -0.342 e. The average molecular weight is 404 g/mol. The first-order chi connectivity index (χ1) is 12.6. The first-order valence-electron chi connectivity index (χ1n) is 8.33. The van der Waals surface area contributed by atoms with Gasteiger partial charge in [-0.05, 0) is 25.0 Å². The number of carbonyl (C=O) groups excluding carboxylic acids is 1. The Hall–Kier alpha value is -2.14. The second kappa shape index (κ2) is 7.12. The van der Waals surface area contributed by atoms with Crippen LogP contribution in [0.15, 0.2) is 24.4 Å². The molecule has 1 aliphatic heterocycles. The van der Waals surface area contributed by atoms with E-state index >= 15 is 0 Å². The molecule has 0 radical (unpaired) electrons. The maximum atomic E-state index is 12.4. The molecular formula is C16H19F3N4O3S. The van der Waals surface area contributed by atoms with Crippen molar-refractivity contribution >= 4 is 21.4 Å². The van der Waals surface area contributed by atoms with Crippen molar-refractivity contribution in [3.63, 3.8) is 0 Å². The fourth-order valence-electron chi connectivity index (χ4n) is 3.24. The number of aromatic nitrogens is 2. The predicted molar refractivity (Wildman–Crippen MR) is 92.0 cm³/mol. The van der Waals surface area contributed by atoms with E-state index in [4.69, 9.17) is 0 Å². The van der Waals surface area contributed by atoms with Crippen LogP contribution < -0.4 is 5.32 Å². The lowest BCUT2D eigenvalue weighted by Crippen LogP contribution is -2.38. The molecule has 0 bridgehead atoms. The minimum absolute atomic E-state index is 0.105. The molecule has 148 valence electrons. The summed E-state index contributed by atoms with van der Waals surface area (Å²) in [7, 11) is -3.36. The highest BCUT2D eigenvalue weighted by Gasteiger charge is 2.32. The fraction of sp³-hybridized carbons (Fsp3) is 0.500. The number of alkyl halides is 3. The third-order valence-electron chi connectivity index (χ3n) is 4.46. The number of piperidine rings is 1. The van der Waals surface area contributed by atoms with E-state index in [1.54, 1.807) is 28.8 Å². The van der Waals surface area contributed by atoms with Crippen molar-refractivity contribution < 1.29 is 26.4 Å². The van der Waals surface area contributed by atoms with Crippen LogP contribution >= 0.6 is 0 Å². The lowest BCUT2D eigenvalue weighted by molar-refractivity contribution is -0.123. The Morgan fingerprint density at radius 1 is 1.37 bits per heavy atom. The van der Waals surface area contributed by atoms with E-state index in [9.17, 15) is 26.4 Å². The molecule has 1 saturated heterocycles. The molecule has 3 rings (SSSR count). The molecule has 0 aromatic carbocycles. The zero-order valence-corrected chi connectivity index (χ0v) is 15.3. The van der Waals surface area contributed by atoms with Gasteiger partial charge in [-0.1, -0.05) is 6.07 Å². The van der Waals surface area contributed by atoms with Crippen LogP contribution in [0, 0.1) is 0 Å². The van der Waals surface area contributed by atoms with Gasteiger partial charge in [-0.2, -0.15) is 13.2 Å². The number of hydrogen-bond acceptors (Lipinski definition) is 4. The number of sulfonamides is 1. The molecule has 1 amide bonds. The van der Waals surface area contributed by atoms with Gasteiger partial charge in [0.2, 0.25) is 10.0 Å². The molecular weight excluding hydrogens is 385 g/mol. The third kappa shape index (κ3) is 4.41. The van der Waals surface area contributed by atoms with E-state index in [0.717, 1.165) is 6.26 Å². The highest BCUT2D eigenvalue weighted by atomic mass is 32.2. The molecule has 0 saturated carbocycles. The van der Waals surface area contributed by atoms with E-state index in [0.29, 0.717) is 30.7 Å². The summed E-state index contributed by atoms with van der Waals surface area (Å²) in [5.41, 5.74) is 0.273. The number of nitrogens with zero attached hydrogens (tertiary/aromatic N) is 3. The molecule has 1 atom stereocenters. The van der Waals surface area contributed by atoms with Crippen LogP contribution in [-0.2, 0) is 10.0 Å². The first kappa shape index (κ1) is 19.6. The standard InChI is InChI=1S/C16H19F3N4O3S/c1-27(25,26)22-7-4-5-11(9-22)14-21-13(12-6-2-3-8-23(12)14)15(24)20-10-16(17,18)19/h2-3,6,8,11H,4-5,7,9-10H2,1H3,(H,20,24)/t11-/m1/s1. The number of carbonyl (C=O) groups is 1. The number of pyridine rings is 1. The molecule has 0 spiro atoms. The lowest BCUT2D eigenvalue weighted by atomic mass is 9.99. The molecule has 0 unspecified atom stereocenters. The number of rotatable bonds is 4. The summed E-state index contributed by atoms with van der Waals surface area (Å²) in [6.45, 7) is -0.813. The largest absolute Gasteiger partial charge is 0.405 e. The van der Waals surface area contributed by atoms with Crippen molar-refractivity contribution in [1.29, 1.82) is 0 Å². The third-order valence-corrected chi connectivity index (χ3v) is 5.73. The first-order valence-corrected chi connectivity index (χ1v) is 10.2. The van der Waals surface area contributed by atoms with Crippen molar-refractivity contribution in [3.8, 4) is 0 Å². The Bertz CT molecular complexity index is 955. The summed E-state index contributed by atoms with van der Waals surface area (Å²) in [4.78, 5) is 16.5. The molecule has 3 heterocycles. The van der Waals surface area contributed by atoms with Crippen molar-refractivity contribution in [2.75, 3.05) is 25.9 Å². The quantitative estimate of drug-likeness (QED) is 0.842. The topological polar surface area (TPSA) is 83.8 Å². The van der Waals surface area contributed by atoms with Gasteiger partial charge in [-0.3, -0.25) is 4.79 Å². The normalized spacial score (nSPS) is 19.3. The Kier molecular flexibility index (Phi) is 5.17. The summed E-state index contributed by atoms with van der Waals surface area (Å²) in [5.74, 6) is -0.707. The van der Waals surface area contributed by atoms with Gasteiger partial charge in [0.15, 0.2) is 5.69 Å². The molecule has 1 fully saturated rings. The van der Waals surface area contributed by atoms with E-state index in [1.165, 1.54) is 4.31 Å². The Morgan fingerprint density at radius 2 is 2.11 bits per heavy atom. The SMILES string of the molecule is CS(=O)(=O)N1CCC[C@@H](c2nc(C(=O)NCC(F)(F)F)c3ccccn23)C1. The number of fused-ring (bicyclic) bond motifs is 1. The predicted octanol–water partition coefficient (Wildman–Crippen LogP) is 1.77. The molecule has 2 aromatic heterocycles. The van der Waals surface area contributed by atoms with Crippen LogP contribution in [0.1, 0.15) is 35.1 Å². The van der Waals surface area contributed by atoms with Crippen LogP contribution in [0.2, 0.25) is 0 Å².